The van der Waals surface area contributed by atoms with Crippen LogP contribution in [0.3, 0.4) is 0 Å². The molecule has 2 aromatic rings. The third kappa shape index (κ3) is 2.47. The van der Waals surface area contributed by atoms with Crippen molar-refractivity contribution in [2.45, 2.75) is 13.0 Å². The molecule has 1 atom stereocenters. The van der Waals surface area contributed by atoms with Gasteiger partial charge in [-0.3, -0.25) is 14.9 Å². The Labute approximate surface area is 108 Å². The molecule has 0 aliphatic carbocycles. The van der Waals surface area contributed by atoms with Gasteiger partial charge in [0.2, 0.25) is 0 Å². The Kier molecular flexibility index (Phi) is 3.33. The normalized spacial score (nSPS) is 12.1. The number of nitrogens with zero attached hydrogens (tertiary/aromatic N) is 1. The number of hydrogen-bond acceptors (Lipinski definition) is 4. The number of ether oxygens (including phenoxy) is 1. The van der Waals surface area contributed by atoms with Crippen LogP contribution < -0.4 is 10.5 Å². The number of nitro groups is 1. The molecule has 6 nitrogen and oxygen atoms in total. The molecule has 19 heavy (non-hydrogen) atoms. The number of fused-ring (bicyclic) bond motifs is 1. The minimum Gasteiger partial charge on any atom is -0.474 e. The maximum Gasteiger partial charge on any atom is 0.318 e. The van der Waals surface area contributed by atoms with Gasteiger partial charge in [-0.15, -0.1) is 0 Å². The molecule has 2 aromatic carbocycles. The summed E-state index contributed by atoms with van der Waals surface area (Å²) in [5, 5.41) is 12.4. The van der Waals surface area contributed by atoms with Gasteiger partial charge in [-0.2, -0.15) is 0 Å². The second-order valence-corrected chi connectivity index (χ2v) is 4.05. The molecule has 0 radical (unpaired) electrons. The molecular formula is C13H12N2O4. The zero-order valence-corrected chi connectivity index (χ0v) is 10.2. The summed E-state index contributed by atoms with van der Waals surface area (Å²) in [5.41, 5.74) is 4.93. The lowest BCUT2D eigenvalue weighted by Gasteiger charge is -2.12. The largest absolute Gasteiger partial charge is 0.474 e. The maximum atomic E-state index is 11.2. The fraction of sp³-hybridized carbons (Fsp3) is 0.154. The van der Waals surface area contributed by atoms with Crippen molar-refractivity contribution in [2.75, 3.05) is 0 Å². The van der Waals surface area contributed by atoms with Gasteiger partial charge in [-0.25, -0.2) is 0 Å². The Hall–Kier alpha value is -2.63. The molecule has 1 amide bonds. The van der Waals surface area contributed by atoms with Crippen LogP contribution >= 0.6 is 0 Å². The van der Waals surface area contributed by atoms with Crippen LogP contribution in [-0.4, -0.2) is 16.9 Å². The molecule has 6 heteroatoms. The van der Waals surface area contributed by atoms with Crippen molar-refractivity contribution in [3.63, 3.8) is 0 Å². The third-order valence-electron chi connectivity index (χ3n) is 2.75. The molecule has 0 heterocycles. The number of carbonyl (C=O) groups is 1. The van der Waals surface area contributed by atoms with Gasteiger partial charge in [0.15, 0.2) is 11.9 Å². The Balaban J connectivity index is 2.58. The highest BCUT2D eigenvalue weighted by molar-refractivity contribution is 5.93. The van der Waals surface area contributed by atoms with Gasteiger partial charge in [0.1, 0.15) is 0 Å². The fourth-order valence-corrected chi connectivity index (χ4v) is 1.77. The van der Waals surface area contributed by atoms with Crippen molar-refractivity contribution in [3.8, 4) is 5.75 Å². The molecular weight excluding hydrogens is 248 g/mol. The number of hydrogen-bond donors (Lipinski definition) is 1. The molecule has 2 rings (SSSR count). The molecule has 0 spiro atoms. The van der Waals surface area contributed by atoms with Crippen molar-refractivity contribution in [1.29, 1.82) is 0 Å². The smallest absolute Gasteiger partial charge is 0.318 e. The SMILES string of the molecule is C[C@H](Oc1ccc2ccccc2c1[N+](=O)[O-])C(N)=O. The van der Waals surface area contributed by atoms with E-state index in [1.54, 1.807) is 30.3 Å². The van der Waals surface area contributed by atoms with E-state index in [0.717, 1.165) is 5.39 Å². The minimum atomic E-state index is -0.931. The Morgan fingerprint density at radius 2 is 2.00 bits per heavy atom. The molecule has 0 aliphatic rings. The van der Waals surface area contributed by atoms with E-state index in [2.05, 4.69) is 0 Å². The summed E-state index contributed by atoms with van der Waals surface area (Å²) in [6, 6.07) is 10.1. The van der Waals surface area contributed by atoms with Crippen molar-refractivity contribution in [2.24, 2.45) is 5.73 Å². The van der Waals surface area contributed by atoms with E-state index in [1.807, 2.05) is 0 Å². The second kappa shape index (κ2) is 4.93. The highest BCUT2D eigenvalue weighted by Gasteiger charge is 2.22. The van der Waals surface area contributed by atoms with Crippen molar-refractivity contribution in [1.82, 2.24) is 0 Å². The molecule has 0 fully saturated rings. The first-order valence-corrected chi connectivity index (χ1v) is 5.63. The predicted octanol–water partition coefficient (Wildman–Crippen LogP) is 2.00. The second-order valence-electron chi connectivity index (χ2n) is 4.05. The number of amides is 1. The van der Waals surface area contributed by atoms with Gasteiger partial charge < -0.3 is 10.5 Å². The van der Waals surface area contributed by atoms with E-state index in [9.17, 15) is 14.9 Å². The molecule has 98 valence electrons. The fourth-order valence-electron chi connectivity index (χ4n) is 1.77. The summed E-state index contributed by atoms with van der Waals surface area (Å²) in [5.74, 6) is -0.641. The van der Waals surface area contributed by atoms with Crippen LogP contribution in [0, 0.1) is 10.1 Å². The number of rotatable bonds is 4. The zero-order chi connectivity index (χ0) is 14.0. The van der Waals surface area contributed by atoms with Crippen LogP contribution in [0.1, 0.15) is 6.92 Å². The van der Waals surface area contributed by atoms with Crippen LogP contribution in [0.2, 0.25) is 0 Å². The molecule has 0 saturated heterocycles. The van der Waals surface area contributed by atoms with Gasteiger partial charge >= 0.3 is 5.69 Å². The van der Waals surface area contributed by atoms with Gasteiger partial charge in [0.25, 0.3) is 5.91 Å². The molecule has 0 aliphatic heterocycles. The summed E-state index contributed by atoms with van der Waals surface area (Å²) < 4.78 is 5.26. The van der Waals surface area contributed by atoms with Crippen molar-refractivity contribution < 1.29 is 14.5 Å². The van der Waals surface area contributed by atoms with Crippen LogP contribution in [0.5, 0.6) is 5.75 Å². The minimum absolute atomic E-state index is 0.0370. The highest BCUT2D eigenvalue weighted by atomic mass is 16.6. The average molecular weight is 260 g/mol. The molecule has 0 saturated carbocycles. The summed E-state index contributed by atoms with van der Waals surface area (Å²) in [4.78, 5) is 21.6. The lowest BCUT2D eigenvalue weighted by Crippen LogP contribution is -2.30. The lowest BCUT2D eigenvalue weighted by atomic mass is 10.1. The van der Waals surface area contributed by atoms with Gasteiger partial charge in [-0.05, 0) is 24.4 Å². The van der Waals surface area contributed by atoms with Crippen LogP contribution in [0.25, 0.3) is 10.8 Å². The summed E-state index contributed by atoms with van der Waals surface area (Å²) >= 11 is 0. The molecule has 0 unspecified atom stereocenters. The summed E-state index contributed by atoms with van der Waals surface area (Å²) in [6.07, 6.45) is -0.931. The molecule has 2 N–H and O–H groups in total. The number of primary amides is 1. The Morgan fingerprint density at radius 3 is 2.63 bits per heavy atom. The predicted molar refractivity (Wildman–Crippen MR) is 69.9 cm³/mol. The van der Waals surface area contributed by atoms with E-state index in [0.29, 0.717) is 5.39 Å². The van der Waals surface area contributed by atoms with Crippen LogP contribution in [-0.2, 0) is 4.79 Å². The first-order chi connectivity index (χ1) is 9.00. The van der Waals surface area contributed by atoms with E-state index < -0.39 is 16.9 Å². The van der Waals surface area contributed by atoms with E-state index in [4.69, 9.17) is 10.5 Å². The van der Waals surface area contributed by atoms with E-state index in [1.165, 1.54) is 13.0 Å². The monoisotopic (exact) mass is 260 g/mol. The van der Waals surface area contributed by atoms with Gasteiger partial charge in [0.05, 0.1) is 10.3 Å². The average Bonchev–Trinajstić information content (AvgIpc) is 2.37. The number of benzene rings is 2. The quantitative estimate of drug-likeness (QED) is 0.671. The number of nitro benzene ring substituents is 1. The Morgan fingerprint density at radius 1 is 1.32 bits per heavy atom. The van der Waals surface area contributed by atoms with Crippen LogP contribution in [0.15, 0.2) is 36.4 Å². The first kappa shape index (κ1) is 12.8. The topological polar surface area (TPSA) is 95.5 Å². The van der Waals surface area contributed by atoms with Crippen molar-refractivity contribution in [3.05, 3.63) is 46.5 Å². The third-order valence-corrected chi connectivity index (χ3v) is 2.75. The Bertz CT molecular complexity index is 654. The maximum absolute atomic E-state index is 11.2. The summed E-state index contributed by atoms with van der Waals surface area (Å²) in [6.45, 7) is 1.45. The van der Waals surface area contributed by atoms with E-state index in [-0.39, 0.29) is 11.4 Å². The number of carbonyl (C=O) groups excluding carboxylic acids is 1. The zero-order valence-electron chi connectivity index (χ0n) is 10.2. The number of nitrogens with two attached hydrogens (primary N) is 1. The van der Waals surface area contributed by atoms with Gasteiger partial charge in [-0.1, -0.05) is 24.3 Å². The lowest BCUT2D eigenvalue weighted by molar-refractivity contribution is -0.384. The first-order valence-electron chi connectivity index (χ1n) is 5.63. The van der Waals surface area contributed by atoms with Crippen molar-refractivity contribution >= 4 is 22.4 Å². The van der Waals surface area contributed by atoms with Gasteiger partial charge in [0, 0.05) is 0 Å². The standard InChI is InChI=1S/C13H12N2O4/c1-8(13(14)16)19-11-7-6-9-4-2-3-5-10(9)12(11)15(17)18/h2-8H,1H3,(H2,14,16)/t8-/m0/s1. The van der Waals surface area contributed by atoms with E-state index >= 15 is 0 Å². The summed E-state index contributed by atoms with van der Waals surface area (Å²) in [7, 11) is 0. The van der Waals surface area contributed by atoms with Crippen LogP contribution in [0.4, 0.5) is 5.69 Å². The molecule has 0 aromatic heterocycles. The molecule has 0 bridgehead atoms. The highest BCUT2D eigenvalue weighted by Crippen LogP contribution is 2.35.